The number of likely N-dealkylation sites (tertiary alicyclic amines) is 1. The number of guanidine groups is 1. The van der Waals surface area contributed by atoms with Crippen molar-refractivity contribution in [2.45, 2.75) is 32.2 Å². The van der Waals surface area contributed by atoms with Crippen molar-refractivity contribution in [1.82, 2.24) is 4.90 Å². The molecule has 0 spiro atoms. The Kier molecular flexibility index (Phi) is 4.59. The first-order chi connectivity index (χ1) is 8.79. The number of hydrogen-bond donors (Lipinski definition) is 1. The van der Waals surface area contributed by atoms with E-state index in [4.69, 9.17) is 11.0 Å². The molecule has 1 saturated heterocycles. The van der Waals surface area contributed by atoms with Gasteiger partial charge in [0, 0.05) is 18.0 Å². The Bertz CT molecular complexity index is 450. The lowest BCUT2D eigenvalue weighted by Crippen LogP contribution is -2.38. The minimum atomic E-state index is 0.578. The molecular formula is C13H18N4S. The van der Waals surface area contributed by atoms with E-state index in [0.29, 0.717) is 12.5 Å². The van der Waals surface area contributed by atoms with E-state index >= 15 is 0 Å². The van der Waals surface area contributed by atoms with Gasteiger partial charge in [-0.15, -0.1) is 11.3 Å². The van der Waals surface area contributed by atoms with E-state index in [0.717, 1.165) is 22.8 Å². The van der Waals surface area contributed by atoms with Crippen LogP contribution in [0, 0.1) is 11.3 Å². The summed E-state index contributed by atoms with van der Waals surface area (Å²) in [4.78, 5) is 8.42. The van der Waals surface area contributed by atoms with Gasteiger partial charge >= 0.3 is 0 Å². The van der Waals surface area contributed by atoms with E-state index in [-0.39, 0.29) is 0 Å². The average Bonchev–Trinajstić information content (AvgIpc) is 2.68. The van der Waals surface area contributed by atoms with Crippen molar-refractivity contribution >= 4 is 17.3 Å². The number of hydrogen-bond acceptors (Lipinski definition) is 3. The molecular weight excluding hydrogens is 244 g/mol. The number of aliphatic imine (C=N–C) groups is 1. The molecule has 0 atom stereocenters. The predicted molar refractivity (Wildman–Crippen MR) is 74.4 cm³/mol. The molecule has 5 heteroatoms. The first-order valence-electron chi connectivity index (χ1n) is 6.33. The van der Waals surface area contributed by atoms with Crippen molar-refractivity contribution in [2.75, 3.05) is 13.1 Å². The second-order valence-electron chi connectivity index (χ2n) is 4.45. The Morgan fingerprint density at radius 1 is 1.33 bits per heavy atom. The van der Waals surface area contributed by atoms with Gasteiger partial charge in [0.1, 0.15) is 10.9 Å². The molecule has 1 aromatic rings. The van der Waals surface area contributed by atoms with Crippen LogP contribution in [-0.2, 0) is 6.54 Å². The molecule has 2 heterocycles. The zero-order valence-electron chi connectivity index (χ0n) is 10.4. The van der Waals surface area contributed by atoms with Crippen molar-refractivity contribution in [3.05, 3.63) is 21.9 Å². The molecule has 96 valence electrons. The highest BCUT2D eigenvalue weighted by Crippen LogP contribution is 2.16. The normalized spacial score (nSPS) is 17.3. The summed E-state index contributed by atoms with van der Waals surface area (Å²) in [5, 5.41) is 8.76. The molecule has 1 aliphatic rings. The van der Waals surface area contributed by atoms with Crippen molar-refractivity contribution < 1.29 is 0 Å². The van der Waals surface area contributed by atoms with Crippen LogP contribution in [0.2, 0.25) is 0 Å². The van der Waals surface area contributed by atoms with Gasteiger partial charge in [0.25, 0.3) is 0 Å². The van der Waals surface area contributed by atoms with Gasteiger partial charge in [-0.05, 0) is 25.0 Å². The minimum absolute atomic E-state index is 0.578. The quantitative estimate of drug-likeness (QED) is 0.657. The molecule has 0 saturated carbocycles. The molecule has 0 aliphatic carbocycles. The summed E-state index contributed by atoms with van der Waals surface area (Å²) < 4.78 is 0. The largest absolute Gasteiger partial charge is 0.370 e. The Balaban J connectivity index is 1.93. The second kappa shape index (κ2) is 6.41. The van der Waals surface area contributed by atoms with Gasteiger partial charge in [0.05, 0.1) is 6.54 Å². The molecule has 1 aromatic heterocycles. The number of nitrogens with two attached hydrogens (primary N) is 1. The van der Waals surface area contributed by atoms with Gasteiger partial charge in [-0.1, -0.05) is 12.8 Å². The third-order valence-corrected chi connectivity index (χ3v) is 4.07. The zero-order valence-corrected chi connectivity index (χ0v) is 11.2. The summed E-state index contributed by atoms with van der Waals surface area (Å²) >= 11 is 1.48. The molecule has 0 amide bonds. The van der Waals surface area contributed by atoms with E-state index in [9.17, 15) is 0 Å². The Labute approximate surface area is 112 Å². The topological polar surface area (TPSA) is 65.4 Å². The van der Waals surface area contributed by atoms with Gasteiger partial charge < -0.3 is 10.6 Å². The molecule has 0 radical (unpaired) electrons. The van der Waals surface area contributed by atoms with E-state index in [1.54, 1.807) is 0 Å². The highest BCUT2D eigenvalue weighted by Gasteiger charge is 2.10. The van der Waals surface area contributed by atoms with Crippen molar-refractivity contribution in [3.63, 3.8) is 0 Å². The number of thiophene rings is 1. The number of nitriles is 1. The summed E-state index contributed by atoms with van der Waals surface area (Å²) in [6, 6.07) is 5.91. The van der Waals surface area contributed by atoms with Crippen LogP contribution in [0.15, 0.2) is 17.1 Å². The van der Waals surface area contributed by atoms with Crippen molar-refractivity contribution in [3.8, 4) is 6.07 Å². The molecule has 2 rings (SSSR count). The fourth-order valence-corrected chi connectivity index (χ4v) is 2.81. The van der Waals surface area contributed by atoms with E-state index in [1.807, 2.05) is 12.1 Å². The maximum absolute atomic E-state index is 8.76. The summed E-state index contributed by atoms with van der Waals surface area (Å²) in [6.07, 6.45) is 4.99. The standard InChI is InChI=1S/C13H18N4S/c14-9-11-5-6-12(18-11)10-16-13(15)17-7-3-1-2-4-8-17/h5-6H,1-4,7-8,10H2,(H2,15,16). The van der Waals surface area contributed by atoms with Crippen LogP contribution < -0.4 is 5.73 Å². The SMILES string of the molecule is N#Cc1ccc(CN=C(N)N2CCCCCC2)s1. The van der Waals surface area contributed by atoms with Crippen LogP contribution in [0.5, 0.6) is 0 Å². The summed E-state index contributed by atoms with van der Waals surface area (Å²) in [7, 11) is 0. The smallest absolute Gasteiger partial charge is 0.191 e. The van der Waals surface area contributed by atoms with Gasteiger partial charge in [-0.3, -0.25) is 0 Å². The fourth-order valence-electron chi connectivity index (χ4n) is 2.08. The first-order valence-corrected chi connectivity index (χ1v) is 7.15. The molecule has 0 aromatic carbocycles. The van der Waals surface area contributed by atoms with Crippen LogP contribution >= 0.6 is 11.3 Å². The Morgan fingerprint density at radius 2 is 2.06 bits per heavy atom. The fraction of sp³-hybridized carbons (Fsp3) is 0.538. The maximum atomic E-state index is 8.76. The average molecular weight is 262 g/mol. The zero-order chi connectivity index (χ0) is 12.8. The van der Waals surface area contributed by atoms with Crippen LogP contribution in [-0.4, -0.2) is 23.9 Å². The molecule has 18 heavy (non-hydrogen) atoms. The van der Waals surface area contributed by atoms with Crippen molar-refractivity contribution in [1.29, 1.82) is 5.26 Å². The lowest BCUT2D eigenvalue weighted by molar-refractivity contribution is 0.428. The molecule has 4 nitrogen and oxygen atoms in total. The van der Waals surface area contributed by atoms with E-state index in [1.165, 1.54) is 37.0 Å². The highest BCUT2D eigenvalue weighted by atomic mass is 32.1. The van der Waals surface area contributed by atoms with Gasteiger partial charge in [-0.2, -0.15) is 5.26 Å². The van der Waals surface area contributed by atoms with Crippen LogP contribution in [0.1, 0.15) is 35.4 Å². The molecule has 2 N–H and O–H groups in total. The number of nitrogens with zero attached hydrogens (tertiary/aromatic N) is 3. The monoisotopic (exact) mass is 262 g/mol. The summed E-state index contributed by atoms with van der Waals surface area (Å²) in [6.45, 7) is 2.61. The lowest BCUT2D eigenvalue weighted by atomic mass is 10.2. The van der Waals surface area contributed by atoms with Crippen LogP contribution in [0.25, 0.3) is 0 Å². The summed E-state index contributed by atoms with van der Waals surface area (Å²) in [5.41, 5.74) is 6.02. The maximum Gasteiger partial charge on any atom is 0.191 e. The molecule has 0 unspecified atom stereocenters. The van der Waals surface area contributed by atoms with Crippen LogP contribution in [0.3, 0.4) is 0 Å². The second-order valence-corrected chi connectivity index (χ2v) is 5.62. The van der Waals surface area contributed by atoms with E-state index < -0.39 is 0 Å². The van der Waals surface area contributed by atoms with Crippen LogP contribution in [0.4, 0.5) is 0 Å². The minimum Gasteiger partial charge on any atom is -0.370 e. The Hall–Kier alpha value is -1.54. The highest BCUT2D eigenvalue weighted by molar-refractivity contribution is 7.12. The third kappa shape index (κ3) is 3.47. The van der Waals surface area contributed by atoms with Crippen molar-refractivity contribution in [2.24, 2.45) is 10.7 Å². The predicted octanol–water partition coefficient (Wildman–Crippen LogP) is 2.31. The number of rotatable bonds is 2. The molecule has 1 aliphatic heterocycles. The van der Waals surface area contributed by atoms with Gasteiger partial charge in [0.15, 0.2) is 5.96 Å². The van der Waals surface area contributed by atoms with E-state index in [2.05, 4.69) is 16.0 Å². The first kappa shape index (κ1) is 12.9. The third-order valence-electron chi connectivity index (χ3n) is 3.10. The Morgan fingerprint density at radius 3 is 2.67 bits per heavy atom. The molecule has 1 fully saturated rings. The lowest BCUT2D eigenvalue weighted by Gasteiger charge is -2.20. The summed E-state index contributed by atoms with van der Waals surface area (Å²) in [5.74, 6) is 0.642. The van der Waals surface area contributed by atoms with Gasteiger partial charge in [0.2, 0.25) is 0 Å². The van der Waals surface area contributed by atoms with Gasteiger partial charge in [-0.25, -0.2) is 4.99 Å². The molecule has 0 bridgehead atoms.